The number of piperidine rings is 1. The van der Waals surface area contributed by atoms with Gasteiger partial charge in [-0.15, -0.1) is 0 Å². The predicted octanol–water partition coefficient (Wildman–Crippen LogP) is -0.415. The van der Waals surface area contributed by atoms with Crippen molar-refractivity contribution in [2.75, 3.05) is 47.3 Å². The maximum Gasteiger partial charge on any atom is 0.264 e. The lowest BCUT2D eigenvalue weighted by atomic mass is 9.46. The summed E-state index contributed by atoms with van der Waals surface area (Å²) in [7, 11) is 0.721. The first kappa shape index (κ1) is 25.4. The van der Waals surface area contributed by atoms with Gasteiger partial charge in [-0.05, 0) is 25.0 Å². The van der Waals surface area contributed by atoms with Gasteiger partial charge in [0.15, 0.2) is 5.78 Å². The zero-order valence-electron chi connectivity index (χ0n) is 21.4. The first-order valence-electron chi connectivity index (χ1n) is 12.7. The summed E-state index contributed by atoms with van der Waals surface area (Å²) in [5.74, 6) is -1.81. The second-order valence-electron chi connectivity index (χ2n) is 12.0. The van der Waals surface area contributed by atoms with Crippen molar-refractivity contribution in [3.05, 3.63) is 12.2 Å². The fraction of sp³-hybridized carbons (Fsp3) is 0.880. The lowest BCUT2D eigenvalue weighted by Gasteiger charge is -2.65. The summed E-state index contributed by atoms with van der Waals surface area (Å²) in [6.07, 6.45) is 2.45. The van der Waals surface area contributed by atoms with Crippen LogP contribution in [0.2, 0.25) is 0 Å². The first-order valence-corrected chi connectivity index (χ1v) is 14.6. The Morgan fingerprint density at radius 3 is 2.42 bits per heavy atom. The summed E-state index contributed by atoms with van der Waals surface area (Å²) in [5, 5.41) is 24.7. The van der Waals surface area contributed by atoms with Gasteiger partial charge in [0.05, 0.1) is 36.1 Å². The van der Waals surface area contributed by atoms with E-state index in [1.165, 1.54) is 7.11 Å². The third kappa shape index (κ3) is 2.66. The van der Waals surface area contributed by atoms with E-state index in [1.807, 2.05) is 13.0 Å². The Labute approximate surface area is 212 Å². The highest BCUT2D eigenvalue weighted by molar-refractivity contribution is 7.86. The van der Waals surface area contributed by atoms with Gasteiger partial charge < -0.3 is 24.4 Å². The van der Waals surface area contributed by atoms with Crippen molar-refractivity contribution >= 4 is 15.9 Å². The Hall–Kier alpha value is -0.920. The second-order valence-corrected chi connectivity index (χ2v) is 13.6. The fourth-order valence-electron chi connectivity index (χ4n) is 10.2. The van der Waals surface area contributed by atoms with E-state index in [0.29, 0.717) is 13.1 Å². The topological polar surface area (TPSA) is 132 Å². The van der Waals surface area contributed by atoms with E-state index in [4.69, 9.17) is 18.4 Å². The Bertz CT molecular complexity index is 1110. The average Bonchev–Trinajstić information content (AvgIpc) is 3.17. The van der Waals surface area contributed by atoms with Crippen LogP contribution in [0.25, 0.3) is 0 Å². The highest BCUT2D eigenvalue weighted by atomic mass is 32.2. The zero-order valence-corrected chi connectivity index (χ0v) is 22.2. The number of allylic oxidation sites excluding steroid dienone is 1. The molecule has 36 heavy (non-hydrogen) atoms. The number of carbonyl (C=O) groups excluding carboxylic acids is 1. The molecule has 6 aliphatic rings. The average molecular weight is 528 g/mol. The summed E-state index contributed by atoms with van der Waals surface area (Å²) >= 11 is 0. The van der Waals surface area contributed by atoms with Crippen molar-refractivity contribution < 1.29 is 41.8 Å². The number of fused-ring (bicyclic) bond motifs is 2. The predicted molar refractivity (Wildman–Crippen MR) is 126 cm³/mol. The smallest absolute Gasteiger partial charge is 0.264 e. The quantitative estimate of drug-likeness (QED) is 0.421. The third-order valence-electron chi connectivity index (χ3n) is 10.9. The van der Waals surface area contributed by atoms with Crippen LogP contribution in [-0.2, 0) is 33.3 Å². The van der Waals surface area contributed by atoms with E-state index >= 15 is 0 Å². The van der Waals surface area contributed by atoms with Crippen LogP contribution in [-0.4, -0.2) is 112 Å². The lowest BCUT2D eigenvalue weighted by molar-refractivity contribution is -0.252. The number of ether oxygens (including phenoxy) is 3. The number of hydrogen-bond acceptors (Lipinski definition) is 10. The summed E-state index contributed by atoms with van der Waals surface area (Å²) in [6, 6.07) is -0.158. The molecule has 5 fully saturated rings. The van der Waals surface area contributed by atoms with Crippen LogP contribution < -0.4 is 0 Å². The number of nitrogens with zero attached hydrogens (tertiary/aromatic N) is 1. The number of aliphatic hydroxyl groups is 2. The summed E-state index contributed by atoms with van der Waals surface area (Å²) < 4.78 is 48.0. The maximum atomic E-state index is 13.7. The van der Waals surface area contributed by atoms with Crippen molar-refractivity contribution in [2.24, 2.45) is 34.5 Å². The van der Waals surface area contributed by atoms with Gasteiger partial charge >= 0.3 is 0 Å². The van der Waals surface area contributed by atoms with E-state index in [0.717, 1.165) is 6.26 Å². The SMILES string of the molecule is CCN1C[C@]2(COC)C(=O)C=C[C@]34C1[C@H]([C@H](OC)[C@H]23)[C@@]1(O)C[C@H](OC)[C@@]2(O)C[C@@H]4[C@@H]1[C@H]2OS(C)(=O)=O. The molecule has 7 bridgehead atoms. The second kappa shape index (κ2) is 7.59. The van der Waals surface area contributed by atoms with Gasteiger partial charge in [0.25, 0.3) is 10.1 Å². The first-order chi connectivity index (χ1) is 16.9. The van der Waals surface area contributed by atoms with Gasteiger partial charge in [0, 0.05) is 63.5 Å². The van der Waals surface area contributed by atoms with Gasteiger partial charge in [-0.25, -0.2) is 0 Å². The molecule has 5 aliphatic carbocycles. The third-order valence-corrected chi connectivity index (χ3v) is 11.4. The monoisotopic (exact) mass is 527 g/mol. The van der Waals surface area contributed by atoms with E-state index in [2.05, 4.69) is 4.90 Å². The Morgan fingerprint density at radius 1 is 1.11 bits per heavy atom. The standard InChI is InChI=1S/C25H37NO9S/c1-6-26-11-22(12-32-2)14(27)7-8-23-13-9-24(28)15(33-3)10-25(29,16(13)21(24)35-36(5,30)31)17(20(23)26)18(34-4)19(22)23/h7-8,13,15-21,28-29H,6,9-12H2,1-5H3/t13-,15+,16-,17+,18+,19-,20?,21-,22+,23-,24+,25-/m1/s1. The minimum Gasteiger partial charge on any atom is -0.389 e. The van der Waals surface area contributed by atoms with Crippen LogP contribution in [0.1, 0.15) is 19.8 Å². The zero-order chi connectivity index (χ0) is 26.1. The number of likely N-dealkylation sites (tertiary alicyclic amines) is 1. The molecule has 10 nitrogen and oxygen atoms in total. The molecule has 202 valence electrons. The number of ketones is 1. The molecule has 1 heterocycles. The van der Waals surface area contributed by atoms with Gasteiger partial charge in [-0.1, -0.05) is 13.0 Å². The molecule has 0 amide bonds. The fourth-order valence-corrected chi connectivity index (χ4v) is 10.8. The molecular formula is C25H37NO9S. The molecule has 1 unspecified atom stereocenters. The van der Waals surface area contributed by atoms with Crippen molar-refractivity contribution in [1.82, 2.24) is 4.90 Å². The molecule has 1 saturated heterocycles. The molecule has 0 aromatic heterocycles. The molecule has 1 spiro atoms. The molecule has 0 aromatic rings. The van der Waals surface area contributed by atoms with Crippen molar-refractivity contribution in [3.63, 3.8) is 0 Å². The maximum absolute atomic E-state index is 13.7. The van der Waals surface area contributed by atoms with E-state index in [-0.39, 0.29) is 43.1 Å². The lowest BCUT2D eigenvalue weighted by Crippen LogP contribution is -2.74. The highest BCUT2D eigenvalue weighted by Gasteiger charge is 2.87. The number of rotatable bonds is 7. The Morgan fingerprint density at radius 2 is 1.83 bits per heavy atom. The van der Waals surface area contributed by atoms with Crippen LogP contribution >= 0.6 is 0 Å². The molecule has 2 N–H and O–H groups in total. The van der Waals surface area contributed by atoms with Crippen molar-refractivity contribution in [1.29, 1.82) is 0 Å². The van der Waals surface area contributed by atoms with Crippen LogP contribution in [0.4, 0.5) is 0 Å². The normalized spacial score (nSPS) is 54.8. The van der Waals surface area contributed by atoms with Crippen LogP contribution in [0.5, 0.6) is 0 Å². The van der Waals surface area contributed by atoms with Gasteiger partial charge in [0.2, 0.25) is 0 Å². The molecule has 1 aliphatic heterocycles. The van der Waals surface area contributed by atoms with Gasteiger partial charge in [-0.3, -0.25) is 13.9 Å². The molecule has 12 atom stereocenters. The van der Waals surface area contributed by atoms with Crippen LogP contribution in [0.15, 0.2) is 12.2 Å². The van der Waals surface area contributed by atoms with E-state index < -0.39 is 62.3 Å². The highest BCUT2D eigenvalue weighted by Crippen LogP contribution is 2.78. The molecule has 0 aromatic carbocycles. The van der Waals surface area contributed by atoms with Gasteiger partial charge in [-0.2, -0.15) is 8.42 Å². The summed E-state index contributed by atoms with van der Waals surface area (Å²) in [6.45, 7) is 3.41. The largest absolute Gasteiger partial charge is 0.389 e. The van der Waals surface area contributed by atoms with Crippen molar-refractivity contribution in [2.45, 2.75) is 55.3 Å². The number of carbonyl (C=O) groups is 1. The molecule has 0 radical (unpaired) electrons. The molecular weight excluding hydrogens is 490 g/mol. The van der Waals surface area contributed by atoms with Crippen LogP contribution in [0.3, 0.4) is 0 Å². The molecule has 4 saturated carbocycles. The summed E-state index contributed by atoms with van der Waals surface area (Å²) in [4.78, 5) is 15.9. The van der Waals surface area contributed by atoms with Crippen LogP contribution in [0, 0.1) is 34.5 Å². The Kier molecular flexibility index (Phi) is 5.35. The number of hydrogen-bond donors (Lipinski definition) is 2. The van der Waals surface area contributed by atoms with E-state index in [9.17, 15) is 23.4 Å². The van der Waals surface area contributed by atoms with Crippen molar-refractivity contribution in [3.8, 4) is 0 Å². The minimum atomic E-state index is -3.96. The molecule has 6 rings (SSSR count). The molecule has 11 heteroatoms. The summed E-state index contributed by atoms with van der Waals surface area (Å²) in [5.41, 5.74) is -4.57. The number of methoxy groups -OCH3 is 3. The Balaban J connectivity index is 1.65. The minimum absolute atomic E-state index is 0.0180. The van der Waals surface area contributed by atoms with E-state index in [1.54, 1.807) is 20.3 Å². The van der Waals surface area contributed by atoms with Gasteiger partial charge in [0.1, 0.15) is 11.7 Å².